The third-order valence-corrected chi connectivity index (χ3v) is 4.24. The molecule has 1 saturated heterocycles. The Labute approximate surface area is 132 Å². The molecule has 1 atom stereocenters. The van der Waals surface area contributed by atoms with Crippen LogP contribution >= 0.6 is 15.9 Å². The van der Waals surface area contributed by atoms with E-state index in [4.69, 9.17) is 10.5 Å². The second-order valence-electron chi connectivity index (χ2n) is 4.89. The number of methoxy groups -OCH3 is 1. The molecule has 1 unspecified atom stereocenters. The Balaban J connectivity index is 2.05. The number of carbonyl (C=O) groups is 1. The van der Waals surface area contributed by atoms with Crippen LogP contribution in [0.4, 0.5) is 5.82 Å². The third-order valence-electron chi connectivity index (χ3n) is 3.66. The summed E-state index contributed by atoms with van der Waals surface area (Å²) in [5.41, 5.74) is 5.77. The van der Waals surface area contributed by atoms with Gasteiger partial charge in [-0.15, -0.1) is 0 Å². The molecule has 2 heterocycles. The molecular formula is C13H20BrN5O2. The maximum atomic E-state index is 12.3. The van der Waals surface area contributed by atoms with Crippen molar-refractivity contribution in [2.24, 2.45) is 0 Å². The van der Waals surface area contributed by atoms with E-state index in [2.05, 4.69) is 43.0 Å². The van der Waals surface area contributed by atoms with Gasteiger partial charge in [0, 0.05) is 12.6 Å². The van der Waals surface area contributed by atoms with Gasteiger partial charge in [0.2, 0.25) is 5.88 Å². The van der Waals surface area contributed by atoms with Gasteiger partial charge in [-0.3, -0.25) is 9.69 Å². The monoisotopic (exact) mass is 357 g/mol. The maximum absolute atomic E-state index is 12.3. The van der Waals surface area contributed by atoms with Crippen LogP contribution in [0.3, 0.4) is 0 Å². The summed E-state index contributed by atoms with van der Waals surface area (Å²) in [7, 11) is 1.43. The summed E-state index contributed by atoms with van der Waals surface area (Å²) in [6.45, 7) is 4.82. The number of nitrogen functional groups attached to an aromatic ring is 1. The Hall–Kier alpha value is -1.41. The standard InChI is InChI=1S/C13H20BrN5O2/c1-3-19-6-4-5-8(19)7-16-12(20)9-13(21-2)18-11(15)10(14)17-9/h8H,3-7H2,1-2H3,(H2,15,18)(H,16,20). The number of rotatable bonds is 5. The fourth-order valence-corrected chi connectivity index (χ4v) is 2.80. The van der Waals surface area contributed by atoms with Crippen LogP contribution in [0.25, 0.3) is 0 Å². The number of halogens is 1. The van der Waals surface area contributed by atoms with Gasteiger partial charge in [0.1, 0.15) is 4.60 Å². The van der Waals surface area contributed by atoms with Crippen LogP contribution in [0.1, 0.15) is 30.3 Å². The Bertz CT molecular complexity index is 526. The number of hydrogen-bond acceptors (Lipinski definition) is 6. The zero-order valence-electron chi connectivity index (χ0n) is 12.2. The summed E-state index contributed by atoms with van der Waals surface area (Å²) in [6.07, 6.45) is 2.27. The largest absolute Gasteiger partial charge is 0.479 e. The first kappa shape index (κ1) is 16.0. The van der Waals surface area contributed by atoms with Crippen molar-refractivity contribution >= 4 is 27.7 Å². The summed E-state index contributed by atoms with van der Waals surface area (Å²) in [4.78, 5) is 22.7. The molecule has 21 heavy (non-hydrogen) atoms. The first-order valence-electron chi connectivity index (χ1n) is 6.96. The second-order valence-corrected chi connectivity index (χ2v) is 5.64. The van der Waals surface area contributed by atoms with Crippen molar-refractivity contribution in [3.8, 4) is 5.88 Å². The van der Waals surface area contributed by atoms with E-state index < -0.39 is 0 Å². The van der Waals surface area contributed by atoms with Gasteiger partial charge in [-0.1, -0.05) is 6.92 Å². The van der Waals surface area contributed by atoms with E-state index in [9.17, 15) is 4.79 Å². The van der Waals surface area contributed by atoms with Crippen molar-refractivity contribution < 1.29 is 9.53 Å². The van der Waals surface area contributed by atoms with Crippen molar-refractivity contribution in [1.29, 1.82) is 0 Å². The van der Waals surface area contributed by atoms with Crippen molar-refractivity contribution in [2.45, 2.75) is 25.8 Å². The van der Waals surface area contributed by atoms with Crippen molar-refractivity contribution in [3.63, 3.8) is 0 Å². The number of likely N-dealkylation sites (tertiary alicyclic amines) is 1. The number of amides is 1. The minimum absolute atomic E-state index is 0.131. The van der Waals surface area contributed by atoms with E-state index in [1.807, 2.05) is 0 Å². The molecule has 7 nitrogen and oxygen atoms in total. The normalized spacial score (nSPS) is 18.7. The number of ether oxygens (including phenoxy) is 1. The number of aromatic nitrogens is 2. The van der Waals surface area contributed by atoms with Gasteiger partial charge in [-0.25, -0.2) is 4.98 Å². The van der Waals surface area contributed by atoms with Gasteiger partial charge in [-0.05, 0) is 41.9 Å². The molecule has 1 aromatic rings. The fourth-order valence-electron chi connectivity index (χ4n) is 2.54. The predicted octanol–water partition coefficient (Wildman–Crippen LogP) is 1.04. The average Bonchev–Trinajstić information content (AvgIpc) is 2.94. The van der Waals surface area contributed by atoms with E-state index in [0.29, 0.717) is 17.2 Å². The molecule has 0 aliphatic carbocycles. The highest BCUT2D eigenvalue weighted by molar-refractivity contribution is 9.10. The van der Waals surface area contributed by atoms with Crippen LogP contribution in [0, 0.1) is 0 Å². The summed E-state index contributed by atoms with van der Waals surface area (Å²) >= 11 is 3.17. The topological polar surface area (TPSA) is 93.4 Å². The first-order valence-corrected chi connectivity index (χ1v) is 7.75. The van der Waals surface area contributed by atoms with Crippen LogP contribution in [0.15, 0.2) is 4.60 Å². The van der Waals surface area contributed by atoms with E-state index in [0.717, 1.165) is 19.5 Å². The Morgan fingerprint density at radius 1 is 1.57 bits per heavy atom. The number of anilines is 1. The maximum Gasteiger partial charge on any atom is 0.275 e. The SMILES string of the molecule is CCN1CCCC1CNC(=O)c1nc(Br)c(N)nc1OC. The van der Waals surface area contributed by atoms with Crippen molar-refractivity contribution in [3.05, 3.63) is 10.3 Å². The lowest BCUT2D eigenvalue weighted by Crippen LogP contribution is -2.40. The highest BCUT2D eigenvalue weighted by atomic mass is 79.9. The summed E-state index contributed by atoms with van der Waals surface area (Å²) < 4.78 is 5.41. The number of hydrogen-bond donors (Lipinski definition) is 2. The quantitative estimate of drug-likeness (QED) is 0.817. The second kappa shape index (κ2) is 7.04. The Morgan fingerprint density at radius 3 is 3.00 bits per heavy atom. The van der Waals surface area contributed by atoms with Crippen LogP contribution in [-0.2, 0) is 0 Å². The first-order chi connectivity index (χ1) is 10.1. The van der Waals surface area contributed by atoms with Gasteiger partial charge in [0.05, 0.1) is 7.11 Å². The Morgan fingerprint density at radius 2 is 2.33 bits per heavy atom. The third kappa shape index (κ3) is 3.62. The van der Waals surface area contributed by atoms with Crippen LogP contribution in [-0.4, -0.2) is 53.6 Å². The number of carbonyl (C=O) groups excluding carboxylic acids is 1. The lowest BCUT2D eigenvalue weighted by atomic mass is 10.2. The molecule has 0 spiro atoms. The number of likely N-dealkylation sites (N-methyl/N-ethyl adjacent to an activating group) is 1. The summed E-state index contributed by atoms with van der Waals surface area (Å²) in [5.74, 6) is 0.0197. The molecule has 1 fully saturated rings. The van der Waals surface area contributed by atoms with Crippen LogP contribution < -0.4 is 15.8 Å². The van der Waals surface area contributed by atoms with Gasteiger partial charge in [0.25, 0.3) is 5.91 Å². The van der Waals surface area contributed by atoms with E-state index in [1.54, 1.807) is 0 Å². The van der Waals surface area contributed by atoms with Crippen LogP contribution in [0.2, 0.25) is 0 Å². The van der Waals surface area contributed by atoms with E-state index in [-0.39, 0.29) is 23.3 Å². The van der Waals surface area contributed by atoms with E-state index >= 15 is 0 Å². The molecule has 1 aliphatic heterocycles. The lowest BCUT2D eigenvalue weighted by Gasteiger charge is -2.22. The molecule has 0 aromatic carbocycles. The molecule has 116 valence electrons. The smallest absolute Gasteiger partial charge is 0.275 e. The highest BCUT2D eigenvalue weighted by Gasteiger charge is 2.25. The van der Waals surface area contributed by atoms with Gasteiger partial charge in [-0.2, -0.15) is 4.98 Å². The zero-order chi connectivity index (χ0) is 15.4. The zero-order valence-corrected chi connectivity index (χ0v) is 13.8. The van der Waals surface area contributed by atoms with Gasteiger partial charge < -0.3 is 15.8 Å². The van der Waals surface area contributed by atoms with E-state index in [1.165, 1.54) is 13.5 Å². The predicted molar refractivity (Wildman–Crippen MR) is 83.3 cm³/mol. The number of nitrogens with one attached hydrogen (secondary N) is 1. The van der Waals surface area contributed by atoms with Crippen molar-refractivity contribution in [1.82, 2.24) is 20.2 Å². The number of nitrogens with zero attached hydrogens (tertiary/aromatic N) is 3. The average molecular weight is 358 g/mol. The molecule has 1 aromatic heterocycles. The minimum Gasteiger partial charge on any atom is -0.479 e. The lowest BCUT2D eigenvalue weighted by molar-refractivity contribution is 0.0932. The highest BCUT2D eigenvalue weighted by Crippen LogP contribution is 2.22. The fraction of sp³-hybridized carbons (Fsp3) is 0.615. The molecule has 1 aliphatic rings. The summed E-state index contributed by atoms with van der Waals surface area (Å²) in [5, 5.41) is 2.90. The molecule has 0 saturated carbocycles. The summed E-state index contributed by atoms with van der Waals surface area (Å²) in [6, 6.07) is 0.384. The minimum atomic E-state index is -0.303. The van der Waals surface area contributed by atoms with Crippen molar-refractivity contribution in [2.75, 3.05) is 32.5 Å². The molecular weight excluding hydrogens is 338 g/mol. The molecule has 0 bridgehead atoms. The Kier molecular flexibility index (Phi) is 5.35. The van der Waals surface area contributed by atoms with Gasteiger partial charge >= 0.3 is 0 Å². The molecule has 3 N–H and O–H groups in total. The van der Waals surface area contributed by atoms with Crippen LogP contribution in [0.5, 0.6) is 5.88 Å². The molecule has 2 rings (SSSR count). The molecule has 1 amide bonds. The molecule has 0 radical (unpaired) electrons. The molecule has 8 heteroatoms. The van der Waals surface area contributed by atoms with Gasteiger partial charge in [0.15, 0.2) is 11.5 Å². The number of nitrogens with two attached hydrogens (primary N) is 1.